The Kier molecular flexibility index (Phi) is 5.15. The molecule has 0 bridgehead atoms. The number of aromatic nitrogens is 3. The highest BCUT2D eigenvalue weighted by Crippen LogP contribution is 2.38. The van der Waals surface area contributed by atoms with Crippen molar-refractivity contribution >= 4 is 11.8 Å². The number of carbonyl (C=O) groups is 2. The van der Waals surface area contributed by atoms with Gasteiger partial charge in [-0.1, -0.05) is 30.3 Å². The first-order valence-corrected chi connectivity index (χ1v) is 10.1. The number of piperazine rings is 1. The van der Waals surface area contributed by atoms with Gasteiger partial charge in [-0.15, -0.1) is 5.10 Å². The van der Waals surface area contributed by atoms with Gasteiger partial charge in [0.25, 0.3) is 5.91 Å². The summed E-state index contributed by atoms with van der Waals surface area (Å²) in [7, 11) is 0. The molecule has 1 aromatic carbocycles. The third-order valence-corrected chi connectivity index (χ3v) is 6.10. The second-order valence-electron chi connectivity index (χ2n) is 7.85. The Morgan fingerprint density at radius 2 is 1.96 bits per heavy atom. The molecule has 1 aliphatic carbocycles. The van der Waals surface area contributed by atoms with Crippen molar-refractivity contribution in [2.24, 2.45) is 5.92 Å². The maximum atomic E-state index is 13.0. The second-order valence-corrected chi connectivity index (χ2v) is 7.85. The number of carbonyl (C=O) groups excluding carboxylic acids is 2. The zero-order chi connectivity index (χ0) is 19.7. The highest BCUT2D eigenvalue weighted by Gasteiger charge is 2.41. The third-order valence-electron chi connectivity index (χ3n) is 6.10. The number of rotatable bonds is 4. The van der Waals surface area contributed by atoms with Crippen molar-refractivity contribution in [1.82, 2.24) is 24.8 Å². The van der Waals surface area contributed by atoms with Gasteiger partial charge in [0.2, 0.25) is 5.91 Å². The Labute approximate surface area is 165 Å². The number of nitrogens with zero attached hydrogens (tertiary/aromatic N) is 5. The Bertz CT molecular complexity index is 844. The number of amides is 2. The second kappa shape index (κ2) is 7.73. The Morgan fingerprint density at radius 1 is 1.18 bits per heavy atom. The van der Waals surface area contributed by atoms with Crippen molar-refractivity contribution in [2.75, 3.05) is 19.6 Å². The number of benzene rings is 1. The van der Waals surface area contributed by atoms with Crippen LogP contribution in [0.4, 0.5) is 0 Å². The van der Waals surface area contributed by atoms with E-state index in [9.17, 15) is 9.59 Å². The summed E-state index contributed by atoms with van der Waals surface area (Å²) in [6.45, 7) is 5.88. The van der Waals surface area contributed by atoms with Gasteiger partial charge in [0.15, 0.2) is 0 Å². The molecule has 7 heteroatoms. The molecule has 1 aromatic heterocycles. The van der Waals surface area contributed by atoms with Gasteiger partial charge in [-0.3, -0.25) is 9.59 Å². The van der Waals surface area contributed by atoms with Gasteiger partial charge in [0.1, 0.15) is 0 Å². The summed E-state index contributed by atoms with van der Waals surface area (Å²) in [4.78, 5) is 29.8. The van der Waals surface area contributed by atoms with Crippen molar-refractivity contribution in [3.63, 3.8) is 0 Å². The molecule has 1 atom stereocenters. The van der Waals surface area contributed by atoms with E-state index >= 15 is 0 Å². The maximum Gasteiger partial charge on any atom is 0.254 e. The first kappa shape index (κ1) is 18.7. The first-order valence-electron chi connectivity index (χ1n) is 10.1. The molecule has 4 rings (SSSR count). The van der Waals surface area contributed by atoms with Crippen molar-refractivity contribution in [3.8, 4) is 0 Å². The lowest BCUT2D eigenvalue weighted by Crippen LogP contribution is -2.57. The minimum atomic E-state index is 0.0319. The van der Waals surface area contributed by atoms with E-state index in [-0.39, 0.29) is 29.8 Å². The topological polar surface area (TPSA) is 71.3 Å². The summed E-state index contributed by atoms with van der Waals surface area (Å²) in [5, 5.41) is 7.87. The highest BCUT2D eigenvalue weighted by atomic mass is 16.2. The van der Waals surface area contributed by atoms with E-state index in [1.807, 2.05) is 51.9 Å². The molecule has 0 unspecified atom stereocenters. The lowest BCUT2D eigenvalue weighted by molar-refractivity contribution is -0.144. The molecule has 2 heterocycles. The van der Waals surface area contributed by atoms with Gasteiger partial charge in [-0.25, -0.2) is 4.68 Å². The van der Waals surface area contributed by atoms with Crippen LogP contribution in [0.1, 0.15) is 48.7 Å². The van der Waals surface area contributed by atoms with Crippen LogP contribution in [0.3, 0.4) is 0 Å². The summed E-state index contributed by atoms with van der Waals surface area (Å²) in [6.07, 6.45) is 6.00. The van der Waals surface area contributed by atoms with Crippen molar-refractivity contribution in [3.05, 3.63) is 47.8 Å². The molecule has 2 amide bonds. The molecule has 2 fully saturated rings. The predicted molar refractivity (Wildman–Crippen MR) is 105 cm³/mol. The average Bonchev–Trinajstić information content (AvgIpc) is 3.20. The number of aryl methyl sites for hydroxylation is 1. The van der Waals surface area contributed by atoms with Crippen molar-refractivity contribution in [1.29, 1.82) is 0 Å². The van der Waals surface area contributed by atoms with E-state index in [1.165, 1.54) is 0 Å². The van der Waals surface area contributed by atoms with Crippen LogP contribution in [0.2, 0.25) is 0 Å². The average molecular weight is 381 g/mol. The molecule has 0 spiro atoms. The summed E-state index contributed by atoms with van der Waals surface area (Å²) in [6, 6.07) is 8.11. The molecule has 2 aromatic rings. The lowest BCUT2D eigenvalue weighted by Gasteiger charge is -2.44. The van der Waals surface area contributed by atoms with Gasteiger partial charge < -0.3 is 9.80 Å². The van der Waals surface area contributed by atoms with Crippen LogP contribution in [0, 0.1) is 5.92 Å². The van der Waals surface area contributed by atoms with Gasteiger partial charge in [0, 0.05) is 43.4 Å². The van der Waals surface area contributed by atoms with E-state index in [0.717, 1.165) is 30.4 Å². The standard InChI is InChI=1S/C21H27N5O2/c1-3-16-6-4-5-7-19(16)21(28)24-10-11-25(15(2)14-24)20(27)17-12-18(13-17)26-9-8-22-23-26/h4-9,15,17-18H,3,10-14H2,1-2H3/t15-,17?,18?/m1/s1. The first-order chi connectivity index (χ1) is 13.6. The lowest BCUT2D eigenvalue weighted by atomic mass is 9.79. The Morgan fingerprint density at radius 3 is 2.64 bits per heavy atom. The minimum absolute atomic E-state index is 0.0319. The van der Waals surface area contributed by atoms with E-state index in [1.54, 1.807) is 6.20 Å². The van der Waals surface area contributed by atoms with Crippen molar-refractivity contribution in [2.45, 2.75) is 45.2 Å². The van der Waals surface area contributed by atoms with Gasteiger partial charge in [-0.05, 0) is 37.8 Å². The smallest absolute Gasteiger partial charge is 0.254 e. The summed E-state index contributed by atoms with van der Waals surface area (Å²) in [5.74, 6) is 0.343. The molecule has 0 N–H and O–H groups in total. The predicted octanol–water partition coefficient (Wildman–Crippen LogP) is 2.16. The quantitative estimate of drug-likeness (QED) is 0.814. The molecule has 7 nitrogen and oxygen atoms in total. The fourth-order valence-electron chi connectivity index (χ4n) is 4.33. The van der Waals surface area contributed by atoms with Crippen LogP contribution < -0.4 is 0 Å². The van der Waals surface area contributed by atoms with E-state index < -0.39 is 0 Å². The summed E-state index contributed by atoms with van der Waals surface area (Å²) < 4.78 is 1.84. The minimum Gasteiger partial charge on any atom is -0.336 e. The zero-order valence-corrected chi connectivity index (χ0v) is 16.5. The van der Waals surface area contributed by atoms with Crippen LogP contribution in [-0.4, -0.2) is 62.3 Å². The molecular formula is C21H27N5O2. The van der Waals surface area contributed by atoms with Crippen LogP contribution in [0.5, 0.6) is 0 Å². The van der Waals surface area contributed by atoms with E-state index in [2.05, 4.69) is 17.2 Å². The van der Waals surface area contributed by atoms with Crippen LogP contribution in [0.15, 0.2) is 36.7 Å². The van der Waals surface area contributed by atoms with Crippen LogP contribution in [0.25, 0.3) is 0 Å². The highest BCUT2D eigenvalue weighted by molar-refractivity contribution is 5.96. The monoisotopic (exact) mass is 381 g/mol. The van der Waals surface area contributed by atoms with Crippen molar-refractivity contribution < 1.29 is 9.59 Å². The Hall–Kier alpha value is -2.70. The van der Waals surface area contributed by atoms with E-state index in [0.29, 0.717) is 19.6 Å². The fourth-order valence-corrected chi connectivity index (χ4v) is 4.33. The van der Waals surface area contributed by atoms with E-state index in [4.69, 9.17) is 0 Å². The largest absolute Gasteiger partial charge is 0.336 e. The number of hydrogen-bond donors (Lipinski definition) is 0. The molecule has 148 valence electrons. The van der Waals surface area contributed by atoms with Gasteiger partial charge in [-0.2, -0.15) is 0 Å². The SMILES string of the molecule is CCc1ccccc1C(=O)N1CCN(C(=O)C2CC(n3ccnn3)C2)[C@H](C)C1. The molecule has 1 aliphatic heterocycles. The van der Waals surface area contributed by atoms with Crippen LogP contribution in [-0.2, 0) is 11.2 Å². The van der Waals surface area contributed by atoms with Gasteiger partial charge >= 0.3 is 0 Å². The third kappa shape index (κ3) is 3.41. The van der Waals surface area contributed by atoms with Gasteiger partial charge in [0.05, 0.1) is 12.2 Å². The number of hydrogen-bond acceptors (Lipinski definition) is 4. The molecule has 28 heavy (non-hydrogen) atoms. The summed E-state index contributed by atoms with van der Waals surface area (Å²) >= 11 is 0. The molecule has 1 saturated carbocycles. The normalized spacial score (nSPS) is 24.7. The fraction of sp³-hybridized carbons (Fsp3) is 0.524. The molecule has 1 saturated heterocycles. The molecule has 2 aliphatic rings. The Balaban J connectivity index is 1.35. The maximum absolute atomic E-state index is 13.0. The zero-order valence-electron chi connectivity index (χ0n) is 16.5. The summed E-state index contributed by atoms with van der Waals surface area (Å²) in [5.41, 5.74) is 1.86. The molecule has 0 radical (unpaired) electrons. The van der Waals surface area contributed by atoms with Crippen LogP contribution >= 0.6 is 0 Å². The molecular weight excluding hydrogens is 354 g/mol.